The first kappa shape index (κ1) is 27.5. The number of allylic oxidation sites excluding steroid dienone is 1. The predicted octanol–water partition coefficient (Wildman–Crippen LogP) is 4.68. The third kappa shape index (κ3) is 4.58. The molecule has 37 heavy (non-hydrogen) atoms. The van der Waals surface area contributed by atoms with Gasteiger partial charge in [-0.25, -0.2) is 18.0 Å². The van der Waals surface area contributed by atoms with Gasteiger partial charge in [0, 0.05) is 24.6 Å². The van der Waals surface area contributed by atoms with Crippen molar-refractivity contribution in [2.45, 2.75) is 30.0 Å². The maximum Gasteiger partial charge on any atom is 0.416 e. The lowest BCUT2D eigenvalue weighted by Crippen LogP contribution is -2.59. The minimum atomic E-state index is -4.71. The molecule has 2 aromatic carbocycles. The van der Waals surface area contributed by atoms with E-state index in [-0.39, 0.29) is 33.8 Å². The summed E-state index contributed by atoms with van der Waals surface area (Å²) in [5.41, 5.74) is -3.93. The van der Waals surface area contributed by atoms with Crippen LogP contribution in [0.4, 0.5) is 23.7 Å². The fraction of sp³-hybridized carbons (Fsp3) is 0.240. The Kier molecular flexibility index (Phi) is 6.98. The molecule has 3 rings (SSSR count). The number of likely N-dealkylation sites (N-methyl/N-ethyl adjacent to an activating group) is 1. The number of hydrogen-bond donors (Lipinski definition) is 1. The van der Waals surface area contributed by atoms with Crippen LogP contribution in [-0.2, 0) is 26.3 Å². The number of carbonyl (C=O) groups is 2. The van der Waals surface area contributed by atoms with Crippen LogP contribution in [0, 0.1) is 11.3 Å². The topological polar surface area (TPSA) is 119 Å². The molecule has 0 bridgehead atoms. The van der Waals surface area contributed by atoms with Gasteiger partial charge in [-0.1, -0.05) is 18.2 Å². The molecule has 1 aliphatic rings. The lowest BCUT2D eigenvalue weighted by Gasteiger charge is -2.49. The number of nitriles is 1. The Bertz CT molecular complexity index is 1490. The van der Waals surface area contributed by atoms with E-state index in [0.717, 1.165) is 40.3 Å². The lowest BCUT2D eigenvalue weighted by atomic mass is 9.75. The smallest absolute Gasteiger partial charge is 0.416 e. The molecular formula is C25H22F3N3O5S. The van der Waals surface area contributed by atoms with E-state index < -0.39 is 44.7 Å². The van der Waals surface area contributed by atoms with E-state index in [2.05, 4.69) is 6.58 Å². The van der Waals surface area contributed by atoms with Crippen molar-refractivity contribution in [3.8, 4) is 6.07 Å². The number of rotatable bonds is 6. The highest BCUT2D eigenvalue weighted by Gasteiger charge is 2.53. The summed E-state index contributed by atoms with van der Waals surface area (Å²) in [5, 5.41) is 19.6. The minimum Gasteiger partial charge on any atom is -0.478 e. The third-order valence-electron chi connectivity index (χ3n) is 6.20. The van der Waals surface area contributed by atoms with E-state index in [1.54, 1.807) is 0 Å². The quantitative estimate of drug-likeness (QED) is 0.539. The van der Waals surface area contributed by atoms with Crippen LogP contribution in [-0.4, -0.2) is 43.7 Å². The van der Waals surface area contributed by atoms with Crippen molar-refractivity contribution < 1.29 is 36.3 Å². The molecule has 1 aliphatic heterocycles. The second-order valence-electron chi connectivity index (χ2n) is 8.44. The molecule has 2 amide bonds. The zero-order valence-corrected chi connectivity index (χ0v) is 20.8. The van der Waals surface area contributed by atoms with Crippen LogP contribution in [0.25, 0.3) is 0 Å². The highest BCUT2D eigenvalue weighted by atomic mass is 32.2. The molecule has 0 radical (unpaired) electrons. The van der Waals surface area contributed by atoms with Gasteiger partial charge in [0.15, 0.2) is 9.84 Å². The van der Waals surface area contributed by atoms with Gasteiger partial charge in [0.2, 0.25) is 0 Å². The number of anilines is 1. The average molecular weight is 534 g/mol. The van der Waals surface area contributed by atoms with Crippen LogP contribution in [0.1, 0.15) is 30.0 Å². The first-order valence-electron chi connectivity index (χ1n) is 10.7. The van der Waals surface area contributed by atoms with Gasteiger partial charge in [-0.05, 0) is 43.7 Å². The van der Waals surface area contributed by atoms with Crippen molar-refractivity contribution in [2.75, 3.05) is 18.2 Å². The summed E-state index contributed by atoms with van der Waals surface area (Å²) in [6.45, 7) is 4.91. The van der Waals surface area contributed by atoms with Crippen LogP contribution >= 0.6 is 0 Å². The number of halogens is 3. The Balaban J connectivity index is 2.46. The van der Waals surface area contributed by atoms with Crippen molar-refractivity contribution in [3.05, 3.63) is 83.1 Å². The molecule has 8 nitrogen and oxygen atoms in total. The molecular weight excluding hydrogens is 511 g/mol. The van der Waals surface area contributed by atoms with Crippen molar-refractivity contribution in [3.63, 3.8) is 0 Å². The predicted molar refractivity (Wildman–Crippen MR) is 128 cm³/mol. The van der Waals surface area contributed by atoms with E-state index in [4.69, 9.17) is 0 Å². The molecule has 0 spiro atoms. The molecule has 0 saturated carbocycles. The number of sulfone groups is 1. The minimum absolute atomic E-state index is 0.00844. The fourth-order valence-electron chi connectivity index (χ4n) is 4.61. The second kappa shape index (κ2) is 9.40. The van der Waals surface area contributed by atoms with Gasteiger partial charge in [0.25, 0.3) is 0 Å². The van der Waals surface area contributed by atoms with Gasteiger partial charge in [-0.2, -0.15) is 18.4 Å². The summed E-state index contributed by atoms with van der Waals surface area (Å²) in [4.78, 5) is 27.9. The number of amides is 2. The van der Waals surface area contributed by atoms with Gasteiger partial charge in [-0.3, -0.25) is 4.90 Å². The fourth-order valence-corrected chi connectivity index (χ4v) is 5.58. The SMILES string of the molecule is C=CC[C@@]1(c2ccc(C#N)cc2S(C)(=O)=O)C(C(=O)O)=C(C)N(c2cccc(C(F)(F)F)c2)C(=O)N1C. The number of carbonyl (C=O) groups excluding carboxylic acids is 1. The monoisotopic (exact) mass is 533 g/mol. The number of carboxylic acids is 1. The van der Waals surface area contributed by atoms with Crippen LogP contribution in [0.5, 0.6) is 0 Å². The van der Waals surface area contributed by atoms with E-state index >= 15 is 0 Å². The molecule has 1 heterocycles. The zero-order chi connectivity index (χ0) is 27.9. The highest BCUT2D eigenvalue weighted by molar-refractivity contribution is 7.90. The van der Waals surface area contributed by atoms with Crippen LogP contribution in [0.3, 0.4) is 0 Å². The van der Waals surface area contributed by atoms with E-state index in [1.165, 1.54) is 38.2 Å². The molecule has 2 aromatic rings. The lowest BCUT2D eigenvalue weighted by molar-refractivity contribution is -0.137. The van der Waals surface area contributed by atoms with Gasteiger partial charge in [0.1, 0.15) is 5.54 Å². The normalized spacial score (nSPS) is 18.6. The largest absolute Gasteiger partial charge is 0.478 e. The Labute approximate surface area is 211 Å². The van der Waals surface area contributed by atoms with Crippen LogP contribution < -0.4 is 4.90 Å². The van der Waals surface area contributed by atoms with Crippen molar-refractivity contribution in [1.82, 2.24) is 4.90 Å². The molecule has 0 unspecified atom stereocenters. The van der Waals surface area contributed by atoms with Gasteiger partial charge in [-0.15, -0.1) is 6.58 Å². The number of nitrogens with zero attached hydrogens (tertiary/aromatic N) is 3. The standard InChI is InChI=1S/C25H22F3N3O5S/c1-5-11-24(19-10-9-16(14-29)12-20(19)37(4,35)36)21(22(32)33)15(2)31(23(34)30(24)3)18-8-6-7-17(13-18)25(26,27)28/h5-10,12-13H,1,11H2,2-4H3,(H,32,33)/t24-/m1/s1. The average Bonchev–Trinajstić information content (AvgIpc) is 2.81. The third-order valence-corrected chi connectivity index (χ3v) is 7.34. The van der Waals surface area contributed by atoms with E-state index in [0.29, 0.717) is 0 Å². The van der Waals surface area contributed by atoms with Crippen LogP contribution in [0.15, 0.2) is 71.3 Å². The number of aliphatic carboxylic acids is 1. The molecule has 0 aromatic heterocycles. The number of alkyl halides is 3. The summed E-state index contributed by atoms with van der Waals surface area (Å²) in [7, 11) is -2.82. The molecule has 0 aliphatic carbocycles. The molecule has 0 saturated heterocycles. The first-order valence-corrected chi connectivity index (χ1v) is 12.6. The van der Waals surface area contributed by atoms with E-state index in [1.807, 2.05) is 6.07 Å². The van der Waals surface area contributed by atoms with Gasteiger partial charge < -0.3 is 10.0 Å². The number of carboxylic acid groups (broad SMARTS) is 1. The van der Waals surface area contributed by atoms with Crippen molar-refractivity contribution in [1.29, 1.82) is 5.26 Å². The second-order valence-corrected chi connectivity index (χ2v) is 10.4. The summed E-state index contributed by atoms with van der Waals surface area (Å²) in [5.74, 6) is -1.53. The molecule has 0 fully saturated rings. The molecule has 12 heteroatoms. The Hall–Kier alpha value is -4.11. The van der Waals surface area contributed by atoms with Crippen LogP contribution in [0.2, 0.25) is 0 Å². The Morgan fingerprint density at radius 2 is 1.89 bits per heavy atom. The number of benzene rings is 2. The van der Waals surface area contributed by atoms with Crippen molar-refractivity contribution >= 4 is 27.5 Å². The summed E-state index contributed by atoms with van der Waals surface area (Å²) < 4.78 is 65.6. The Morgan fingerprint density at radius 3 is 2.41 bits per heavy atom. The molecule has 194 valence electrons. The van der Waals surface area contributed by atoms with Gasteiger partial charge in [0.05, 0.1) is 33.4 Å². The summed E-state index contributed by atoms with van der Waals surface area (Å²) in [6, 6.07) is 8.43. The number of urea groups is 1. The van der Waals surface area contributed by atoms with Crippen molar-refractivity contribution in [2.24, 2.45) is 0 Å². The maximum absolute atomic E-state index is 13.7. The number of hydrogen-bond acceptors (Lipinski definition) is 5. The molecule has 1 atom stereocenters. The maximum atomic E-state index is 13.7. The first-order chi connectivity index (χ1) is 17.1. The van der Waals surface area contributed by atoms with Gasteiger partial charge >= 0.3 is 18.2 Å². The zero-order valence-electron chi connectivity index (χ0n) is 20.0. The highest BCUT2D eigenvalue weighted by Crippen LogP contribution is 2.48. The molecule has 1 N–H and O–H groups in total. The Morgan fingerprint density at radius 1 is 1.24 bits per heavy atom. The summed E-state index contributed by atoms with van der Waals surface area (Å²) in [6.07, 6.45) is -2.78. The summed E-state index contributed by atoms with van der Waals surface area (Å²) >= 11 is 0. The van der Waals surface area contributed by atoms with E-state index in [9.17, 15) is 41.5 Å².